The highest BCUT2D eigenvalue weighted by Crippen LogP contribution is 2.30. The maximum Gasteiger partial charge on any atom is 0.248 e. The number of hydrogen-bond acceptors (Lipinski definition) is 8. The highest BCUT2D eigenvalue weighted by atomic mass is 32.2. The van der Waals surface area contributed by atoms with Crippen molar-refractivity contribution in [1.29, 1.82) is 0 Å². The summed E-state index contributed by atoms with van der Waals surface area (Å²) < 4.78 is 0. The molecule has 3 heterocycles. The molecule has 31 heavy (non-hydrogen) atoms. The summed E-state index contributed by atoms with van der Waals surface area (Å²) in [6.07, 6.45) is 2.11. The van der Waals surface area contributed by atoms with Crippen LogP contribution in [0.3, 0.4) is 0 Å². The van der Waals surface area contributed by atoms with Crippen molar-refractivity contribution in [3.63, 3.8) is 0 Å². The Balaban J connectivity index is 1.59. The summed E-state index contributed by atoms with van der Waals surface area (Å²) in [7, 11) is 0. The van der Waals surface area contributed by atoms with Gasteiger partial charge in [0.05, 0.1) is 5.69 Å². The fraction of sp³-hybridized carbons (Fsp3) is 0.333. The third-order valence-electron chi connectivity index (χ3n) is 5.28. The first kappa shape index (κ1) is 21.1. The van der Waals surface area contributed by atoms with E-state index >= 15 is 0 Å². The SMILES string of the molecule is Cc1cc(Nc2cc(N3CCC(CN)CC3)nc(Sc3ccc(C(N)=O)cc3)n2)[nH]n1. The van der Waals surface area contributed by atoms with Crippen LogP contribution in [0.2, 0.25) is 0 Å². The molecule has 1 aliphatic heterocycles. The molecule has 0 unspecified atom stereocenters. The van der Waals surface area contributed by atoms with Crippen molar-refractivity contribution >= 4 is 35.1 Å². The number of carbonyl (C=O) groups excluding carboxylic acids is 1. The van der Waals surface area contributed by atoms with Crippen LogP contribution >= 0.6 is 11.8 Å². The lowest BCUT2D eigenvalue weighted by atomic mass is 9.97. The first-order valence-electron chi connectivity index (χ1n) is 10.2. The van der Waals surface area contributed by atoms with Crippen LogP contribution in [0.4, 0.5) is 17.5 Å². The first-order chi connectivity index (χ1) is 15.0. The molecule has 9 nitrogen and oxygen atoms in total. The van der Waals surface area contributed by atoms with Crippen molar-refractivity contribution in [2.75, 3.05) is 29.9 Å². The second-order valence-corrected chi connectivity index (χ2v) is 8.64. The maximum atomic E-state index is 11.3. The molecule has 1 aromatic carbocycles. The minimum Gasteiger partial charge on any atom is -0.366 e. The average Bonchev–Trinajstić information content (AvgIpc) is 3.18. The molecule has 0 radical (unpaired) electrons. The van der Waals surface area contributed by atoms with Crippen molar-refractivity contribution in [3.8, 4) is 0 Å². The zero-order chi connectivity index (χ0) is 21.8. The minimum absolute atomic E-state index is 0.447. The van der Waals surface area contributed by atoms with Gasteiger partial charge in [-0.05, 0) is 68.3 Å². The predicted molar refractivity (Wildman–Crippen MR) is 122 cm³/mol. The average molecular weight is 439 g/mol. The summed E-state index contributed by atoms with van der Waals surface area (Å²) >= 11 is 1.43. The quantitative estimate of drug-likeness (QED) is 0.413. The topological polar surface area (TPSA) is 139 Å². The maximum absolute atomic E-state index is 11.3. The van der Waals surface area contributed by atoms with E-state index in [1.54, 1.807) is 12.1 Å². The Morgan fingerprint density at radius 2 is 1.97 bits per heavy atom. The Kier molecular flexibility index (Phi) is 6.38. The van der Waals surface area contributed by atoms with E-state index < -0.39 is 5.91 Å². The van der Waals surface area contributed by atoms with Gasteiger partial charge in [0.1, 0.15) is 17.5 Å². The van der Waals surface area contributed by atoms with Crippen molar-refractivity contribution < 1.29 is 4.79 Å². The fourth-order valence-electron chi connectivity index (χ4n) is 3.50. The van der Waals surface area contributed by atoms with Crippen LogP contribution in [0.15, 0.2) is 46.5 Å². The smallest absolute Gasteiger partial charge is 0.248 e. The van der Waals surface area contributed by atoms with Crippen LogP contribution in [0.25, 0.3) is 0 Å². The molecule has 3 aromatic rings. The number of nitrogens with zero attached hydrogens (tertiary/aromatic N) is 4. The molecule has 162 valence electrons. The Bertz CT molecular complexity index is 1040. The third-order valence-corrected chi connectivity index (χ3v) is 6.15. The molecule has 0 bridgehead atoms. The van der Waals surface area contributed by atoms with Crippen LogP contribution in [0.5, 0.6) is 0 Å². The number of primary amides is 1. The lowest BCUT2D eigenvalue weighted by Crippen LogP contribution is -2.36. The second kappa shape index (κ2) is 9.36. The summed E-state index contributed by atoms with van der Waals surface area (Å²) in [4.78, 5) is 24.0. The largest absolute Gasteiger partial charge is 0.366 e. The van der Waals surface area contributed by atoms with Crippen LogP contribution in [-0.4, -0.2) is 45.7 Å². The number of nitrogens with two attached hydrogens (primary N) is 2. The number of hydrogen-bond donors (Lipinski definition) is 4. The Labute approximate surface area is 185 Å². The van der Waals surface area contributed by atoms with Gasteiger partial charge in [0, 0.05) is 35.7 Å². The predicted octanol–water partition coefficient (Wildman–Crippen LogP) is 2.68. The monoisotopic (exact) mass is 438 g/mol. The van der Waals surface area contributed by atoms with E-state index in [9.17, 15) is 4.79 Å². The van der Waals surface area contributed by atoms with Gasteiger partial charge in [-0.25, -0.2) is 9.97 Å². The molecule has 10 heteroatoms. The van der Waals surface area contributed by atoms with Crippen molar-refractivity contribution in [2.45, 2.75) is 29.8 Å². The minimum atomic E-state index is -0.447. The van der Waals surface area contributed by atoms with E-state index in [0.717, 1.165) is 54.7 Å². The van der Waals surface area contributed by atoms with Crippen LogP contribution in [0, 0.1) is 12.8 Å². The van der Waals surface area contributed by atoms with Gasteiger partial charge in [0.2, 0.25) is 5.91 Å². The molecule has 1 saturated heterocycles. The van der Waals surface area contributed by atoms with Gasteiger partial charge in [-0.15, -0.1) is 0 Å². The Morgan fingerprint density at radius 1 is 1.23 bits per heavy atom. The number of aryl methyl sites for hydroxylation is 1. The number of rotatable bonds is 7. The van der Waals surface area contributed by atoms with Gasteiger partial charge >= 0.3 is 0 Å². The summed E-state index contributed by atoms with van der Waals surface area (Å²) in [6, 6.07) is 11.0. The molecule has 0 saturated carbocycles. The van der Waals surface area contributed by atoms with Gasteiger partial charge in [0.25, 0.3) is 0 Å². The molecular formula is C21H26N8OS. The molecular weight excluding hydrogens is 412 g/mol. The number of anilines is 3. The van der Waals surface area contributed by atoms with E-state index in [4.69, 9.17) is 16.5 Å². The number of piperidine rings is 1. The molecule has 6 N–H and O–H groups in total. The van der Waals surface area contributed by atoms with Gasteiger partial charge in [-0.2, -0.15) is 5.10 Å². The van der Waals surface area contributed by atoms with E-state index in [1.165, 1.54) is 11.8 Å². The summed E-state index contributed by atoms with van der Waals surface area (Å²) in [5.74, 6) is 2.45. The molecule has 2 aromatic heterocycles. The lowest BCUT2D eigenvalue weighted by molar-refractivity contribution is 0.1000. The molecule has 1 fully saturated rings. The van der Waals surface area contributed by atoms with Gasteiger partial charge in [-0.1, -0.05) is 0 Å². The number of aromatic nitrogens is 4. The molecule has 0 spiro atoms. The van der Waals surface area contributed by atoms with Gasteiger partial charge in [-0.3, -0.25) is 9.89 Å². The Hall–Kier alpha value is -3.11. The number of aromatic amines is 1. The highest BCUT2D eigenvalue weighted by molar-refractivity contribution is 7.99. The van der Waals surface area contributed by atoms with Crippen LogP contribution in [0.1, 0.15) is 28.9 Å². The summed E-state index contributed by atoms with van der Waals surface area (Å²) in [5, 5.41) is 11.0. The summed E-state index contributed by atoms with van der Waals surface area (Å²) in [5.41, 5.74) is 12.5. The van der Waals surface area contributed by atoms with Crippen LogP contribution in [-0.2, 0) is 0 Å². The van der Waals surface area contributed by atoms with E-state index in [0.29, 0.717) is 22.5 Å². The zero-order valence-corrected chi connectivity index (χ0v) is 18.2. The molecule has 0 aliphatic carbocycles. The number of benzene rings is 1. The number of carbonyl (C=O) groups is 1. The lowest BCUT2D eigenvalue weighted by Gasteiger charge is -2.32. The standard InChI is InChI=1S/C21H26N8OS/c1-13-10-18(28-27-13)24-17-11-19(29-8-6-14(12-22)7-9-29)26-21(25-17)31-16-4-2-15(3-5-16)20(23)30/h2-5,10-11,14H,6-9,12,22H2,1H3,(H2,23,30)(H2,24,25,26,27,28). The molecule has 0 atom stereocenters. The molecule has 4 rings (SSSR count). The van der Waals surface area contributed by atoms with E-state index in [2.05, 4.69) is 25.4 Å². The number of nitrogens with one attached hydrogen (secondary N) is 2. The second-order valence-electron chi connectivity index (χ2n) is 7.60. The molecule has 1 amide bonds. The number of H-pyrrole nitrogens is 1. The summed E-state index contributed by atoms with van der Waals surface area (Å²) in [6.45, 7) is 4.48. The van der Waals surface area contributed by atoms with Crippen molar-refractivity contribution in [1.82, 2.24) is 20.2 Å². The van der Waals surface area contributed by atoms with Gasteiger partial charge in [0.15, 0.2) is 5.16 Å². The van der Waals surface area contributed by atoms with E-state index in [-0.39, 0.29) is 0 Å². The highest BCUT2D eigenvalue weighted by Gasteiger charge is 2.20. The first-order valence-corrected chi connectivity index (χ1v) is 11.0. The van der Waals surface area contributed by atoms with Crippen molar-refractivity contribution in [2.24, 2.45) is 17.4 Å². The zero-order valence-electron chi connectivity index (χ0n) is 17.3. The number of amides is 1. The Morgan fingerprint density at radius 3 is 2.58 bits per heavy atom. The third kappa shape index (κ3) is 5.33. The van der Waals surface area contributed by atoms with E-state index in [1.807, 2.05) is 31.2 Å². The fourth-order valence-corrected chi connectivity index (χ4v) is 4.26. The van der Waals surface area contributed by atoms with Crippen LogP contribution < -0.4 is 21.7 Å². The normalized spacial score (nSPS) is 14.6. The van der Waals surface area contributed by atoms with Crippen molar-refractivity contribution in [3.05, 3.63) is 47.7 Å². The van der Waals surface area contributed by atoms with Gasteiger partial charge < -0.3 is 21.7 Å². The molecule has 1 aliphatic rings.